The van der Waals surface area contributed by atoms with Crippen molar-refractivity contribution in [1.82, 2.24) is 0 Å². The van der Waals surface area contributed by atoms with E-state index < -0.39 is 41.9 Å². The van der Waals surface area contributed by atoms with E-state index in [1.807, 2.05) is 0 Å². The molecular weight excluding hydrogens is 459 g/mol. The largest absolute Gasteiger partial charge is 0.511 e. The Morgan fingerprint density at radius 2 is 1.79 bits per heavy atom. The molecule has 0 fully saturated rings. The predicted molar refractivity (Wildman–Crippen MR) is 102 cm³/mol. The SMILES string of the molecule is Cc1cc(C)c2c(c1)C=C(C(=O)OCOC(=O)OCCOCCO[N+](=O)[O-])C(C(F)(F)F)O2. The molecule has 0 amide bonds. The van der Waals surface area contributed by atoms with Crippen LogP contribution in [0.15, 0.2) is 17.7 Å². The summed E-state index contributed by atoms with van der Waals surface area (Å²) >= 11 is 0. The number of benzene rings is 1. The van der Waals surface area contributed by atoms with Gasteiger partial charge in [0, 0.05) is 5.56 Å². The highest BCUT2D eigenvalue weighted by atomic mass is 19.4. The van der Waals surface area contributed by atoms with Crippen molar-refractivity contribution >= 4 is 18.2 Å². The van der Waals surface area contributed by atoms with Crippen LogP contribution in [0.4, 0.5) is 18.0 Å². The second-order valence-electron chi connectivity index (χ2n) is 6.60. The van der Waals surface area contributed by atoms with Crippen molar-refractivity contribution in [2.45, 2.75) is 26.1 Å². The van der Waals surface area contributed by atoms with E-state index in [2.05, 4.69) is 19.0 Å². The molecule has 1 unspecified atom stereocenters. The zero-order valence-corrected chi connectivity index (χ0v) is 17.5. The molecule has 2 rings (SSSR count). The van der Waals surface area contributed by atoms with Gasteiger partial charge in [-0.2, -0.15) is 13.2 Å². The van der Waals surface area contributed by atoms with E-state index in [-0.39, 0.29) is 37.7 Å². The molecule has 0 N–H and O–H groups in total. The van der Waals surface area contributed by atoms with Crippen LogP contribution in [0.25, 0.3) is 6.08 Å². The molecule has 11 nitrogen and oxygen atoms in total. The van der Waals surface area contributed by atoms with Gasteiger partial charge in [-0.25, -0.2) is 9.59 Å². The first kappa shape index (κ1) is 25.7. The quantitative estimate of drug-likeness (QED) is 0.162. The smallest absolute Gasteiger partial charge is 0.475 e. The lowest BCUT2D eigenvalue weighted by Crippen LogP contribution is -2.41. The Bertz CT molecular complexity index is 916. The number of halogens is 3. The van der Waals surface area contributed by atoms with Gasteiger partial charge in [-0.05, 0) is 31.6 Å². The number of esters is 1. The summed E-state index contributed by atoms with van der Waals surface area (Å²) in [6, 6.07) is 3.20. The number of rotatable bonds is 10. The Labute approximate surface area is 185 Å². The molecule has 1 aromatic carbocycles. The van der Waals surface area contributed by atoms with Crippen molar-refractivity contribution in [3.63, 3.8) is 0 Å². The zero-order chi connectivity index (χ0) is 24.6. The topological polar surface area (TPSA) is 133 Å². The van der Waals surface area contributed by atoms with Gasteiger partial charge in [0.2, 0.25) is 12.9 Å². The number of hydrogen-bond donors (Lipinski definition) is 0. The molecule has 0 radical (unpaired) electrons. The highest BCUT2D eigenvalue weighted by Gasteiger charge is 2.49. The number of aryl methyl sites for hydroxylation is 2. The maximum atomic E-state index is 13.5. The van der Waals surface area contributed by atoms with E-state index in [9.17, 15) is 32.9 Å². The maximum absolute atomic E-state index is 13.5. The molecule has 0 bridgehead atoms. The number of fused-ring (bicyclic) bond motifs is 1. The standard InChI is InChI=1S/C19H20F3NO10/c1-11-7-12(2)15-13(8-11)9-14(16(33-15)19(20,21)22)17(24)30-10-31-18(25)29-5-3-28-4-6-32-23(26)27/h7-9,16H,3-6,10H2,1-2H3. The van der Waals surface area contributed by atoms with Gasteiger partial charge >= 0.3 is 18.3 Å². The lowest BCUT2D eigenvalue weighted by Gasteiger charge is -2.29. The van der Waals surface area contributed by atoms with Crippen LogP contribution in [0.2, 0.25) is 0 Å². The lowest BCUT2D eigenvalue weighted by molar-refractivity contribution is -0.758. The van der Waals surface area contributed by atoms with Crippen molar-refractivity contribution in [3.8, 4) is 5.75 Å². The first-order valence-electron chi connectivity index (χ1n) is 9.37. The van der Waals surface area contributed by atoms with E-state index >= 15 is 0 Å². The van der Waals surface area contributed by atoms with Crippen LogP contribution in [0, 0.1) is 24.0 Å². The molecule has 1 aromatic rings. The summed E-state index contributed by atoms with van der Waals surface area (Å²) < 4.78 is 64.0. The van der Waals surface area contributed by atoms with Crippen LogP contribution in [-0.2, 0) is 28.6 Å². The minimum absolute atomic E-state index is 0.00599. The van der Waals surface area contributed by atoms with Crippen molar-refractivity contribution in [3.05, 3.63) is 44.5 Å². The molecule has 0 aliphatic carbocycles. The second kappa shape index (κ2) is 11.4. The van der Waals surface area contributed by atoms with E-state index in [0.717, 1.165) is 11.6 Å². The number of nitrogens with zero attached hydrogens (tertiary/aromatic N) is 1. The van der Waals surface area contributed by atoms with E-state index in [4.69, 9.17) is 9.47 Å². The highest BCUT2D eigenvalue weighted by molar-refractivity contribution is 5.96. The Hall–Kier alpha value is -3.55. The third-order valence-corrected chi connectivity index (χ3v) is 4.05. The summed E-state index contributed by atoms with van der Waals surface area (Å²) in [7, 11) is 0. The van der Waals surface area contributed by atoms with Gasteiger partial charge in [0.05, 0.1) is 18.8 Å². The van der Waals surface area contributed by atoms with Gasteiger partial charge in [-0.1, -0.05) is 11.6 Å². The van der Waals surface area contributed by atoms with Gasteiger partial charge in [-0.15, -0.1) is 10.1 Å². The fourth-order valence-electron chi connectivity index (χ4n) is 2.80. The Morgan fingerprint density at radius 1 is 1.09 bits per heavy atom. The number of carbonyl (C=O) groups excluding carboxylic acids is 2. The Morgan fingerprint density at radius 3 is 2.45 bits per heavy atom. The van der Waals surface area contributed by atoms with E-state index in [1.165, 1.54) is 0 Å². The third kappa shape index (κ3) is 7.82. The minimum atomic E-state index is -4.90. The van der Waals surface area contributed by atoms with Crippen LogP contribution in [-0.4, -0.2) is 62.7 Å². The Balaban J connectivity index is 1.85. The van der Waals surface area contributed by atoms with Gasteiger partial charge < -0.3 is 28.5 Å². The molecule has 1 heterocycles. The number of hydrogen-bond acceptors (Lipinski definition) is 10. The normalized spacial score (nSPS) is 14.9. The third-order valence-electron chi connectivity index (χ3n) is 4.05. The second-order valence-corrected chi connectivity index (χ2v) is 6.60. The summed E-state index contributed by atoms with van der Waals surface area (Å²) in [5.41, 5.74) is 0.708. The summed E-state index contributed by atoms with van der Waals surface area (Å²) in [6.07, 6.45) is -7.70. The van der Waals surface area contributed by atoms with Gasteiger partial charge in [0.15, 0.2) is 0 Å². The first-order chi connectivity index (χ1) is 15.5. The molecule has 1 atom stereocenters. The van der Waals surface area contributed by atoms with Crippen LogP contribution in [0.3, 0.4) is 0 Å². The van der Waals surface area contributed by atoms with Gasteiger partial charge in [0.25, 0.3) is 5.09 Å². The molecule has 33 heavy (non-hydrogen) atoms. The molecule has 182 valence electrons. The molecule has 0 spiro atoms. The summed E-state index contributed by atoms with van der Waals surface area (Å²) in [6.45, 7) is 1.45. The van der Waals surface area contributed by atoms with Crippen molar-refractivity contribution in [1.29, 1.82) is 0 Å². The summed E-state index contributed by atoms with van der Waals surface area (Å²) in [5.74, 6) is -1.38. The summed E-state index contributed by atoms with van der Waals surface area (Å²) in [5, 5.41) is 8.92. The lowest BCUT2D eigenvalue weighted by atomic mass is 9.97. The highest BCUT2D eigenvalue weighted by Crippen LogP contribution is 2.39. The minimum Gasteiger partial charge on any atom is -0.475 e. The van der Waals surface area contributed by atoms with E-state index in [0.29, 0.717) is 5.56 Å². The molecule has 0 saturated heterocycles. The molecule has 1 aliphatic rings. The maximum Gasteiger partial charge on any atom is 0.511 e. The number of ether oxygens (including phenoxy) is 5. The van der Waals surface area contributed by atoms with Crippen molar-refractivity contribution in [2.75, 3.05) is 33.2 Å². The Kier molecular flexibility index (Phi) is 8.85. The molecule has 0 saturated carbocycles. The summed E-state index contributed by atoms with van der Waals surface area (Å²) in [4.78, 5) is 37.6. The van der Waals surface area contributed by atoms with Crippen LogP contribution >= 0.6 is 0 Å². The van der Waals surface area contributed by atoms with Crippen LogP contribution in [0.1, 0.15) is 16.7 Å². The first-order valence-corrected chi connectivity index (χ1v) is 9.37. The fraction of sp³-hybridized carbons (Fsp3) is 0.474. The van der Waals surface area contributed by atoms with Crippen molar-refractivity contribution in [2.24, 2.45) is 0 Å². The molecule has 14 heteroatoms. The average molecular weight is 479 g/mol. The predicted octanol–water partition coefficient (Wildman–Crippen LogP) is 2.89. The average Bonchev–Trinajstić information content (AvgIpc) is 2.71. The molecule has 0 aromatic heterocycles. The molecule has 1 aliphatic heterocycles. The fourth-order valence-corrected chi connectivity index (χ4v) is 2.80. The number of alkyl halides is 3. The van der Waals surface area contributed by atoms with Crippen LogP contribution < -0.4 is 4.74 Å². The monoisotopic (exact) mass is 479 g/mol. The molecular formula is C19H20F3NO10. The van der Waals surface area contributed by atoms with E-state index in [1.54, 1.807) is 26.0 Å². The van der Waals surface area contributed by atoms with Gasteiger partial charge in [-0.3, -0.25) is 0 Å². The van der Waals surface area contributed by atoms with Crippen molar-refractivity contribution < 1.29 is 56.4 Å². The van der Waals surface area contributed by atoms with Gasteiger partial charge in [0.1, 0.15) is 19.0 Å². The number of carbonyl (C=O) groups is 2. The van der Waals surface area contributed by atoms with Crippen LogP contribution in [0.5, 0.6) is 5.75 Å². The zero-order valence-electron chi connectivity index (χ0n) is 17.5.